The smallest absolute Gasteiger partial charge is 0.402 e. The number of nitrogens with one attached hydrogen (secondary N) is 2. The van der Waals surface area contributed by atoms with E-state index in [9.17, 15) is 18.3 Å². The van der Waals surface area contributed by atoms with Crippen molar-refractivity contribution in [2.75, 3.05) is 13.1 Å². The zero-order valence-electron chi connectivity index (χ0n) is 9.08. The number of aromatic hydroxyl groups is 2. The van der Waals surface area contributed by atoms with Gasteiger partial charge in [-0.25, -0.2) is 5.43 Å². The van der Waals surface area contributed by atoms with Gasteiger partial charge < -0.3 is 10.2 Å². The maximum Gasteiger partial charge on any atom is 0.402 e. The summed E-state index contributed by atoms with van der Waals surface area (Å²) in [4.78, 5) is 0.224. The Morgan fingerprint density at radius 3 is 2.44 bits per heavy atom. The molecule has 0 radical (unpaired) electrons. The quantitative estimate of drug-likeness (QED) is 0.285. The van der Waals surface area contributed by atoms with Gasteiger partial charge in [0.15, 0.2) is 0 Å². The third-order valence-corrected chi connectivity index (χ3v) is 2.31. The number of benzene rings is 1. The number of thiocarbonyl (C=S) groups is 1. The van der Waals surface area contributed by atoms with Crippen molar-refractivity contribution < 1.29 is 23.4 Å². The van der Waals surface area contributed by atoms with Crippen LogP contribution in [-0.2, 0) is 0 Å². The van der Waals surface area contributed by atoms with Gasteiger partial charge in [0.05, 0.1) is 0 Å². The van der Waals surface area contributed by atoms with Crippen LogP contribution in [0.15, 0.2) is 18.2 Å². The number of phenolic OH excluding ortho intramolecular Hbond substituents is 2. The number of halogens is 3. The first-order chi connectivity index (χ1) is 8.29. The molecule has 1 rings (SSSR count). The molecule has 0 atom stereocenters. The molecule has 1 aromatic carbocycles. The summed E-state index contributed by atoms with van der Waals surface area (Å²) in [5.41, 5.74) is 4.54. The topological polar surface area (TPSA) is 64.5 Å². The summed E-state index contributed by atoms with van der Waals surface area (Å²) in [5, 5.41) is 18.5. The van der Waals surface area contributed by atoms with Gasteiger partial charge in [0.2, 0.25) is 0 Å². The molecule has 4 nitrogen and oxygen atoms in total. The van der Waals surface area contributed by atoms with Gasteiger partial charge in [-0.1, -0.05) is 12.2 Å². The fraction of sp³-hybridized carbons (Fsp3) is 0.300. The monoisotopic (exact) mass is 280 g/mol. The van der Waals surface area contributed by atoms with E-state index in [1.165, 1.54) is 12.1 Å². The molecule has 0 saturated heterocycles. The van der Waals surface area contributed by atoms with Crippen LogP contribution in [0.4, 0.5) is 13.2 Å². The molecule has 100 valence electrons. The van der Waals surface area contributed by atoms with Gasteiger partial charge in [-0.2, -0.15) is 13.2 Å². The van der Waals surface area contributed by atoms with Gasteiger partial charge in [0.25, 0.3) is 0 Å². The number of hydrogen-bond donors (Lipinski definition) is 4. The Morgan fingerprint density at radius 1 is 1.22 bits per heavy atom. The van der Waals surface area contributed by atoms with E-state index < -0.39 is 12.7 Å². The highest BCUT2D eigenvalue weighted by Gasteiger charge is 2.26. The van der Waals surface area contributed by atoms with Gasteiger partial charge in [0, 0.05) is 23.0 Å². The lowest BCUT2D eigenvalue weighted by atomic mass is 10.1. The highest BCUT2D eigenvalue weighted by Crippen LogP contribution is 2.23. The molecule has 0 aliphatic heterocycles. The van der Waals surface area contributed by atoms with Crippen LogP contribution in [0.3, 0.4) is 0 Å². The Bertz CT molecular complexity index is 438. The summed E-state index contributed by atoms with van der Waals surface area (Å²) < 4.78 is 35.4. The van der Waals surface area contributed by atoms with Crippen LogP contribution in [0, 0.1) is 0 Å². The largest absolute Gasteiger partial charge is 0.508 e. The number of hydrazine groups is 1. The van der Waals surface area contributed by atoms with Gasteiger partial charge in [-0.15, -0.1) is 0 Å². The first-order valence-electron chi connectivity index (χ1n) is 4.87. The minimum Gasteiger partial charge on any atom is -0.508 e. The second-order valence-electron chi connectivity index (χ2n) is 3.45. The van der Waals surface area contributed by atoms with Gasteiger partial charge in [-0.3, -0.25) is 5.43 Å². The molecule has 0 unspecified atom stereocenters. The second-order valence-corrected chi connectivity index (χ2v) is 3.94. The van der Waals surface area contributed by atoms with Crippen molar-refractivity contribution >= 4 is 17.1 Å². The maximum atomic E-state index is 11.8. The third kappa shape index (κ3) is 4.86. The standard InChI is InChI=1S/C10H11F3N2O2S/c11-10(12,13)5-15-14-4-9(18)7-2-1-6(16)3-8(7)17/h1-3,14-17H,4-5H2. The predicted molar refractivity (Wildman–Crippen MR) is 63.5 cm³/mol. The van der Waals surface area contributed by atoms with E-state index in [4.69, 9.17) is 17.3 Å². The fourth-order valence-electron chi connectivity index (χ4n) is 1.16. The van der Waals surface area contributed by atoms with Crippen molar-refractivity contribution in [1.82, 2.24) is 10.9 Å². The van der Waals surface area contributed by atoms with Gasteiger partial charge in [0.1, 0.15) is 18.0 Å². The Labute approximate surface area is 106 Å². The number of phenols is 2. The molecule has 8 heteroatoms. The van der Waals surface area contributed by atoms with E-state index in [2.05, 4.69) is 5.43 Å². The molecular formula is C10H11F3N2O2S. The minimum atomic E-state index is -4.31. The van der Waals surface area contributed by atoms with Crippen molar-refractivity contribution in [2.45, 2.75) is 6.18 Å². The highest BCUT2D eigenvalue weighted by molar-refractivity contribution is 7.81. The second kappa shape index (κ2) is 5.98. The zero-order valence-corrected chi connectivity index (χ0v) is 9.90. The van der Waals surface area contributed by atoms with Crippen molar-refractivity contribution in [1.29, 1.82) is 0 Å². The van der Waals surface area contributed by atoms with E-state index in [0.29, 0.717) is 0 Å². The summed E-state index contributed by atoms with van der Waals surface area (Å²) in [6, 6.07) is 3.81. The third-order valence-electron chi connectivity index (χ3n) is 1.94. The van der Waals surface area contributed by atoms with Crippen LogP contribution in [0.5, 0.6) is 11.5 Å². The Hall–Kier alpha value is -1.38. The summed E-state index contributed by atoms with van der Waals surface area (Å²) in [7, 11) is 0. The van der Waals surface area contributed by atoms with E-state index >= 15 is 0 Å². The predicted octanol–water partition coefficient (Wildman–Crippen LogP) is 1.47. The molecule has 4 N–H and O–H groups in total. The van der Waals surface area contributed by atoms with Crippen LogP contribution in [0.2, 0.25) is 0 Å². The molecule has 0 amide bonds. The molecule has 0 aliphatic rings. The summed E-state index contributed by atoms with van der Waals surface area (Å²) in [6.45, 7) is -1.24. The Balaban J connectivity index is 2.46. The number of alkyl halides is 3. The molecule has 0 aromatic heterocycles. The van der Waals surface area contributed by atoms with Crippen molar-refractivity contribution in [3.05, 3.63) is 23.8 Å². The molecule has 0 heterocycles. The van der Waals surface area contributed by atoms with Gasteiger partial charge in [-0.05, 0) is 12.1 Å². The zero-order chi connectivity index (χ0) is 13.8. The van der Waals surface area contributed by atoms with Crippen LogP contribution < -0.4 is 10.9 Å². The van der Waals surface area contributed by atoms with E-state index in [1.807, 2.05) is 5.43 Å². The van der Waals surface area contributed by atoms with Crippen molar-refractivity contribution in [3.63, 3.8) is 0 Å². The maximum absolute atomic E-state index is 11.8. The minimum absolute atomic E-state index is 0.0518. The highest BCUT2D eigenvalue weighted by atomic mass is 32.1. The van der Waals surface area contributed by atoms with E-state index in [0.717, 1.165) is 6.07 Å². The molecule has 1 aromatic rings. The van der Waals surface area contributed by atoms with Crippen LogP contribution >= 0.6 is 12.2 Å². The average Bonchev–Trinajstić information content (AvgIpc) is 2.22. The Kier molecular flexibility index (Phi) is 4.88. The first kappa shape index (κ1) is 14.7. The molecule has 0 bridgehead atoms. The molecule has 0 spiro atoms. The van der Waals surface area contributed by atoms with E-state index in [1.54, 1.807) is 0 Å². The lowest BCUT2D eigenvalue weighted by Crippen LogP contribution is -2.41. The summed E-state index contributed by atoms with van der Waals surface area (Å²) in [6.07, 6.45) is -4.31. The normalized spacial score (nSPS) is 11.5. The molecule has 0 fully saturated rings. The van der Waals surface area contributed by atoms with Crippen LogP contribution in [-0.4, -0.2) is 34.3 Å². The molecule has 18 heavy (non-hydrogen) atoms. The van der Waals surface area contributed by atoms with Crippen molar-refractivity contribution in [3.8, 4) is 11.5 Å². The summed E-state index contributed by atoms with van der Waals surface area (Å²) >= 11 is 4.93. The average molecular weight is 280 g/mol. The van der Waals surface area contributed by atoms with Gasteiger partial charge >= 0.3 is 6.18 Å². The molecular weight excluding hydrogens is 269 g/mol. The number of hydrogen-bond acceptors (Lipinski definition) is 5. The number of rotatable bonds is 5. The first-order valence-corrected chi connectivity index (χ1v) is 5.28. The van der Waals surface area contributed by atoms with Crippen LogP contribution in [0.1, 0.15) is 5.56 Å². The summed E-state index contributed by atoms with van der Waals surface area (Å²) in [5.74, 6) is -0.347. The Morgan fingerprint density at radius 2 is 1.89 bits per heavy atom. The van der Waals surface area contributed by atoms with Crippen LogP contribution in [0.25, 0.3) is 0 Å². The lowest BCUT2D eigenvalue weighted by molar-refractivity contribution is -0.126. The molecule has 0 saturated carbocycles. The SMILES string of the molecule is Oc1ccc(C(=S)CNNCC(F)(F)F)c(O)c1. The lowest BCUT2D eigenvalue weighted by Gasteiger charge is -2.11. The van der Waals surface area contributed by atoms with E-state index in [-0.39, 0.29) is 28.5 Å². The van der Waals surface area contributed by atoms with Crippen molar-refractivity contribution in [2.24, 2.45) is 0 Å². The molecule has 0 aliphatic carbocycles. The fourth-order valence-corrected chi connectivity index (χ4v) is 1.40.